The molecule has 0 saturated carbocycles. The van der Waals surface area contributed by atoms with Gasteiger partial charge in [-0.1, -0.05) is 42.5 Å². The van der Waals surface area contributed by atoms with Crippen LogP contribution >= 0.6 is 0 Å². The molecule has 0 radical (unpaired) electrons. The normalized spacial score (nSPS) is 17.6. The molecule has 2 aliphatic rings. The highest BCUT2D eigenvalue weighted by molar-refractivity contribution is 5.78. The maximum Gasteiger partial charge on any atom is 0.222 e. The molecule has 5 nitrogen and oxygen atoms in total. The third-order valence-corrected chi connectivity index (χ3v) is 5.17. The largest absolute Gasteiger partial charge is 0.490 e. The van der Waals surface area contributed by atoms with E-state index in [1.165, 1.54) is 5.56 Å². The number of carbonyl (C=O) groups excluding carboxylic acids is 1. The minimum absolute atomic E-state index is 0.0794. The van der Waals surface area contributed by atoms with Gasteiger partial charge in [-0.15, -0.1) is 0 Å². The topological polar surface area (TPSA) is 50.8 Å². The van der Waals surface area contributed by atoms with Gasteiger partial charge in [0, 0.05) is 38.0 Å². The van der Waals surface area contributed by atoms with Crippen molar-refractivity contribution in [3.8, 4) is 11.5 Å². The Kier molecular flexibility index (Phi) is 5.58. The summed E-state index contributed by atoms with van der Waals surface area (Å²) in [4.78, 5) is 14.1. The Bertz CT molecular complexity index is 778. The summed E-state index contributed by atoms with van der Waals surface area (Å²) < 4.78 is 11.7. The van der Waals surface area contributed by atoms with Crippen LogP contribution < -0.4 is 14.8 Å². The molecule has 0 bridgehead atoms. The number of para-hydroxylation sites is 1. The molecular weight excluding hydrogens is 340 g/mol. The van der Waals surface area contributed by atoms with Crippen LogP contribution in [0.2, 0.25) is 0 Å². The van der Waals surface area contributed by atoms with Crippen LogP contribution in [-0.2, 0) is 11.3 Å². The van der Waals surface area contributed by atoms with E-state index in [1.54, 1.807) is 0 Å². The van der Waals surface area contributed by atoms with Crippen LogP contribution in [0.25, 0.3) is 0 Å². The number of carbonyl (C=O) groups is 1. The quantitative estimate of drug-likeness (QED) is 0.852. The Hall–Kier alpha value is -2.53. The standard InChI is InChI=1S/C22H26N2O3/c25-21-11-5-12-24(21)16-19(17-7-2-1-3-8-17)23-15-18-9-4-10-20-22(18)27-14-6-13-26-20/h1-4,7-10,19,23H,5-6,11-16H2/t19-/m0/s1. The van der Waals surface area contributed by atoms with Crippen LogP contribution in [0.15, 0.2) is 48.5 Å². The fourth-order valence-electron chi connectivity index (χ4n) is 3.72. The van der Waals surface area contributed by atoms with Gasteiger partial charge in [0.2, 0.25) is 5.91 Å². The molecular formula is C22H26N2O3. The van der Waals surface area contributed by atoms with E-state index < -0.39 is 0 Å². The van der Waals surface area contributed by atoms with E-state index >= 15 is 0 Å². The zero-order valence-electron chi connectivity index (χ0n) is 15.5. The number of ether oxygens (including phenoxy) is 2. The van der Waals surface area contributed by atoms with Crippen LogP contribution in [-0.4, -0.2) is 37.1 Å². The van der Waals surface area contributed by atoms with Gasteiger partial charge >= 0.3 is 0 Å². The summed E-state index contributed by atoms with van der Waals surface area (Å²) in [5.41, 5.74) is 2.28. The first-order valence-electron chi connectivity index (χ1n) is 9.75. The van der Waals surface area contributed by atoms with E-state index in [4.69, 9.17) is 9.47 Å². The van der Waals surface area contributed by atoms with Crippen molar-refractivity contribution < 1.29 is 14.3 Å². The van der Waals surface area contributed by atoms with E-state index in [0.717, 1.165) is 36.4 Å². The molecule has 1 saturated heterocycles. The van der Waals surface area contributed by atoms with Crippen LogP contribution in [0.4, 0.5) is 0 Å². The first-order chi connectivity index (χ1) is 13.3. The predicted octanol–water partition coefficient (Wildman–Crippen LogP) is 3.30. The maximum atomic E-state index is 12.1. The van der Waals surface area contributed by atoms with Gasteiger partial charge in [-0.3, -0.25) is 4.79 Å². The van der Waals surface area contributed by atoms with Gasteiger partial charge in [0.25, 0.3) is 0 Å². The number of likely N-dealkylation sites (tertiary alicyclic amines) is 1. The van der Waals surface area contributed by atoms with E-state index in [-0.39, 0.29) is 11.9 Å². The summed E-state index contributed by atoms with van der Waals surface area (Å²) in [5.74, 6) is 1.91. The third-order valence-electron chi connectivity index (χ3n) is 5.17. The molecule has 5 heteroatoms. The van der Waals surface area contributed by atoms with Gasteiger partial charge in [-0.2, -0.15) is 0 Å². The summed E-state index contributed by atoms with van der Waals surface area (Å²) in [6.07, 6.45) is 2.52. The summed E-state index contributed by atoms with van der Waals surface area (Å²) in [5, 5.41) is 3.64. The van der Waals surface area contributed by atoms with Crippen molar-refractivity contribution in [1.82, 2.24) is 10.2 Å². The Morgan fingerprint density at radius 2 is 1.85 bits per heavy atom. The van der Waals surface area contributed by atoms with Gasteiger partial charge in [0.05, 0.1) is 19.3 Å². The highest BCUT2D eigenvalue weighted by Crippen LogP contribution is 2.33. The van der Waals surface area contributed by atoms with Gasteiger partial charge in [0.15, 0.2) is 11.5 Å². The van der Waals surface area contributed by atoms with Gasteiger partial charge in [-0.05, 0) is 18.1 Å². The molecule has 1 amide bonds. The average Bonchev–Trinajstić information content (AvgIpc) is 2.95. The third kappa shape index (κ3) is 4.25. The van der Waals surface area contributed by atoms with Crippen molar-refractivity contribution in [2.75, 3.05) is 26.3 Å². The van der Waals surface area contributed by atoms with Crippen molar-refractivity contribution in [2.24, 2.45) is 0 Å². The number of hydrogen-bond acceptors (Lipinski definition) is 4. The predicted molar refractivity (Wildman–Crippen MR) is 104 cm³/mol. The molecule has 142 valence electrons. The molecule has 0 aromatic heterocycles. The maximum absolute atomic E-state index is 12.1. The summed E-state index contributed by atoms with van der Waals surface area (Å²) in [6.45, 7) is 3.56. The Morgan fingerprint density at radius 1 is 1.00 bits per heavy atom. The minimum atomic E-state index is 0.0794. The molecule has 27 heavy (non-hydrogen) atoms. The smallest absolute Gasteiger partial charge is 0.222 e. The number of benzene rings is 2. The average molecular weight is 366 g/mol. The highest BCUT2D eigenvalue weighted by atomic mass is 16.5. The van der Waals surface area contributed by atoms with Crippen LogP contribution in [0.1, 0.15) is 36.4 Å². The molecule has 1 fully saturated rings. The fourth-order valence-corrected chi connectivity index (χ4v) is 3.72. The van der Waals surface area contributed by atoms with Crippen molar-refractivity contribution in [3.05, 3.63) is 59.7 Å². The van der Waals surface area contributed by atoms with Crippen molar-refractivity contribution in [2.45, 2.75) is 31.8 Å². The van der Waals surface area contributed by atoms with E-state index in [2.05, 4.69) is 23.5 Å². The zero-order chi connectivity index (χ0) is 18.5. The number of rotatable bonds is 6. The molecule has 0 unspecified atom stereocenters. The lowest BCUT2D eigenvalue weighted by atomic mass is 10.1. The molecule has 4 rings (SSSR count). The molecule has 2 aromatic rings. The second kappa shape index (κ2) is 8.44. The number of amides is 1. The van der Waals surface area contributed by atoms with Crippen molar-refractivity contribution in [3.63, 3.8) is 0 Å². The lowest BCUT2D eigenvalue weighted by molar-refractivity contribution is -0.128. The summed E-state index contributed by atoms with van der Waals surface area (Å²) >= 11 is 0. The minimum Gasteiger partial charge on any atom is -0.490 e. The molecule has 0 aliphatic carbocycles. The second-order valence-electron chi connectivity index (χ2n) is 7.08. The molecule has 2 aromatic carbocycles. The van der Waals surface area contributed by atoms with E-state index in [9.17, 15) is 4.79 Å². The highest BCUT2D eigenvalue weighted by Gasteiger charge is 2.24. The number of nitrogens with zero attached hydrogens (tertiary/aromatic N) is 1. The fraction of sp³-hybridized carbons (Fsp3) is 0.409. The number of hydrogen-bond donors (Lipinski definition) is 1. The van der Waals surface area contributed by atoms with Gasteiger partial charge in [-0.25, -0.2) is 0 Å². The summed E-state index contributed by atoms with van der Waals surface area (Å²) in [6, 6.07) is 16.5. The molecule has 1 N–H and O–H groups in total. The van der Waals surface area contributed by atoms with Crippen LogP contribution in [0.3, 0.4) is 0 Å². The van der Waals surface area contributed by atoms with E-state index in [1.807, 2.05) is 35.2 Å². The van der Waals surface area contributed by atoms with E-state index in [0.29, 0.717) is 32.7 Å². The Balaban J connectivity index is 1.51. The lowest BCUT2D eigenvalue weighted by Gasteiger charge is -2.26. The summed E-state index contributed by atoms with van der Waals surface area (Å²) in [7, 11) is 0. The molecule has 1 atom stereocenters. The number of fused-ring (bicyclic) bond motifs is 1. The monoisotopic (exact) mass is 366 g/mol. The first-order valence-corrected chi connectivity index (χ1v) is 9.75. The lowest BCUT2D eigenvalue weighted by Crippen LogP contribution is -2.35. The first kappa shape index (κ1) is 17.9. The second-order valence-corrected chi connectivity index (χ2v) is 7.08. The molecule has 2 heterocycles. The molecule has 2 aliphatic heterocycles. The Labute approximate surface area is 160 Å². The molecule has 0 spiro atoms. The zero-order valence-corrected chi connectivity index (χ0v) is 15.5. The van der Waals surface area contributed by atoms with Gasteiger partial charge < -0.3 is 19.7 Å². The SMILES string of the molecule is O=C1CCCN1C[C@H](NCc1cccc2c1OCCCO2)c1ccccc1. The van der Waals surface area contributed by atoms with Crippen LogP contribution in [0.5, 0.6) is 11.5 Å². The number of nitrogens with one attached hydrogen (secondary N) is 1. The Morgan fingerprint density at radius 3 is 2.67 bits per heavy atom. The van der Waals surface area contributed by atoms with Gasteiger partial charge in [0.1, 0.15) is 0 Å². The van der Waals surface area contributed by atoms with Crippen molar-refractivity contribution >= 4 is 5.91 Å². The van der Waals surface area contributed by atoms with Crippen molar-refractivity contribution in [1.29, 1.82) is 0 Å². The van der Waals surface area contributed by atoms with Crippen LogP contribution in [0, 0.1) is 0 Å².